The van der Waals surface area contributed by atoms with Crippen molar-refractivity contribution in [2.75, 3.05) is 13.1 Å². The van der Waals surface area contributed by atoms with Gasteiger partial charge in [0.15, 0.2) is 0 Å². The number of amides is 1. The summed E-state index contributed by atoms with van der Waals surface area (Å²) in [4.78, 5) is 48.8. The van der Waals surface area contributed by atoms with Gasteiger partial charge in [-0.1, -0.05) is 6.42 Å². The van der Waals surface area contributed by atoms with Gasteiger partial charge < -0.3 is 54.8 Å². The van der Waals surface area contributed by atoms with Crippen molar-refractivity contribution in [2.24, 2.45) is 34.4 Å². The SMILES string of the molecule is C[C@H](N)C(=O)O.NC(=O)C[C@H](N)C(=O)O.NCC(=O)O.NCCCC[C@H](N)C(=O)O. The standard InChI is InChI=1S/C6H14N2O2.C4H8N2O3.C3H7NO2.C2H5NO2/c7-4-2-1-3-5(8)6(9)10;5-2(4(8)9)1-3(6)7;1-2(4)3(5)6;3-1-2(4)5/h5H,1-4,7-8H2,(H,9,10);2H,1,5H2,(H2,6,7)(H,8,9);2H,4H2,1H3,(H,5,6);1,3H2,(H,4,5)/t5-;2*2-;/m000./s1. The molecular formula is C15H34N6O9. The number of nitrogens with two attached hydrogens (primary N) is 6. The molecular weight excluding hydrogens is 408 g/mol. The number of carboxylic acid groups (broad SMARTS) is 4. The van der Waals surface area contributed by atoms with E-state index in [0.717, 1.165) is 12.8 Å². The predicted molar refractivity (Wildman–Crippen MR) is 106 cm³/mol. The number of carbonyl (C=O) groups is 5. The average Bonchev–Trinajstić information content (AvgIpc) is 2.62. The number of unbranched alkanes of at least 4 members (excludes halogenated alkanes) is 1. The van der Waals surface area contributed by atoms with Gasteiger partial charge in [-0.25, -0.2) is 0 Å². The summed E-state index contributed by atoms with van der Waals surface area (Å²) in [6.07, 6.45) is 1.85. The minimum Gasteiger partial charge on any atom is -0.480 e. The molecule has 0 saturated heterocycles. The first-order chi connectivity index (χ1) is 13.6. The Kier molecular flexibility index (Phi) is 25.9. The summed E-state index contributed by atoms with van der Waals surface area (Å²) in [6.45, 7) is 1.74. The summed E-state index contributed by atoms with van der Waals surface area (Å²) in [6, 6.07) is -2.61. The molecule has 0 saturated carbocycles. The van der Waals surface area contributed by atoms with Crippen LogP contribution in [0, 0.1) is 0 Å². The summed E-state index contributed by atoms with van der Waals surface area (Å²) in [5.74, 6) is -4.78. The smallest absolute Gasteiger partial charge is 0.321 e. The molecule has 0 fully saturated rings. The molecule has 0 aromatic heterocycles. The topological polar surface area (TPSA) is 322 Å². The Labute approximate surface area is 173 Å². The zero-order valence-electron chi connectivity index (χ0n) is 16.8. The van der Waals surface area contributed by atoms with Gasteiger partial charge in [0.05, 0.1) is 13.0 Å². The second-order valence-electron chi connectivity index (χ2n) is 5.57. The fraction of sp³-hybridized carbons (Fsp3) is 0.667. The molecule has 0 rings (SSSR count). The van der Waals surface area contributed by atoms with E-state index in [2.05, 4.69) is 11.5 Å². The second-order valence-corrected chi connectivity index (χ2v) is 5.57. The number of carboxylic acids is 4. The Morgan fingerprint density at radius 2 is 1.13 bits per heavy atom. The molecule has 0 heterocycles. The number of primary amides is 1. The number of hydrogen-bond acceptors (Lipinski definition) is 10. The molecule has 1 amide bonds. The van der Waals surface area contributed by atoms with Crippen LogP contribution in [0.3, 0.4) is 0 Å². The van der Waals surface area contributed by atoms with Gasteiger partial charge in [0.2, 0.25) is 5.91 Å². The summed E-state index contributed by atoms with van der Waals surface area (Å²) in [5.41, 5.74) is 29.4. The van der Waals surface area contributed by atoms with Gasteiger partial charge in [-0.3, -0.25) is 24.0 Å². The van der Waals surface area contributed by atoms with E-state index >= 15 is 0 Å². The predicted octanol–water partition coefficient (Wildman–Crippen LogP) is -3.75. The van der Waals surface area contributed by atoms with Crippen LogP contribution in [-0.4, -0.2) is 81.4 Å². The highest BCUT2D eigenvalue weighted by Gasteiger charge is 2.13. The molecule has 0 spiro atoms. The normalized spacial score (nSPS) is 12.1. The van der Waals surface area contributed by atoms with Crippen LogP contribution >= 0.6 is 0 Å². The molecule has 16 N–H and O–H groups in total. The van der Waals surface area contributed by atoms with E-state index in [1.807, 2.05) is 0 Å². The minimum atomic E-state index is -1.21. The van der Waals surface area contributed by atoms with Gasteiger partial charge in [-0.05, 0) is 26.3 Å². The minimum absolute atomic E-state index is 0.278. The van der Waals surface area contributed by atoms with Gasteiger partial charge in [-0.15, -0.1) is 0 Å². The van der Waals surface area contributed by atoms with Crippen LogP contribution in [0.25, 0.3) is 0 Å². The van der Waals surface area contributed by atoms with Crippen molar-refractivity contribution < 1.29 is 44.4 Å². The quantitative estimate of drug-likeness (QED) is 0.145. The highest BCUT2D eigenvalue weighted by atomic mass is 16.4. The van der Waals surface area contributed by atoms with E-state index in [-0.39, 0.29) is 13.0 Å². The lowest BCUT2D eigenvalue weighted by molar-refractivity contribution is -0.140. The molecule has 15 heteroatoms. The highest BCUT2D eigenvalue weighted by molar-refractivity contribution is 5.83. The van der Waals surface area contributed by atoms with E-state index in [1.54, 1.807) is 0 Å². The molecule has 0 aliphatic heterocycles. The lowest BCUT2D eigenvalue weighted by Gasteiger charge is -2.03. The molecule has 30 heavy (non-hydrogen) atoms. The number of hydrogen-bond donors (Lipinski definition) is 10. The first-order valence-corrected chi connectivity index (χ1v) is 8.49. The van der Waals surface area contributed by atoms with E-state index in [4.69, 9.17) is 43.4 Å². The monoisotopic (exact) mass is 442 g/mol. The second kappa shape index (κ2) is 22.4. The van der Waals surface area contributed by atoms with Crippen LogP contribution < -0.4 is 34.4 Å². The van der Waals surface area contributed by atoms with Gasteiger partial charge in [-0.2, -0.15) is 0 Å². The van der Waals surface area contributed by atoms with Gasteiger partial charge in [0.25, 0.3) is 0 Å². The molecule has 0 aliphatic carbocycles. The first-order valence-electron chi connectivity index (χ1n) is 8.49. The molecule has 0 aromatic rings. The Hall–Kier alpha value is -2.85. The Morgan fingerprint density at radius 3 is 1.30 bits per heavy atom. The maximum atomic E-state index is 10.1. The van der Waals surface area contributed by atoms with Crippen molar-refractivity contribution in [3.8, 4) is 0 Å². The molecule has 178 valence electrons. The first kappa shape index (κ1) is 34.6. The maximum Gasteiger partial charge on any atom is 0.321 e. The van der Waals surface area contributed by atoms with E-state index < -0.39 is 47.9 Å². The fourth-order valence-electron chi connectivity index (χ4n) is 0.936. The van der Waals surface area contributed by atoms with Crippen LogP contribution in [0.15, 0.2) is 0 Å². The van der Waals surface area contributed by atoms with Crippen molar-refractivity contribution in [2.45, 2.75) is 50.7 Å². The van der Waals surface area contributed by atoms with E-state index in [9.17, 15) is 24.0 Å². The third-order valence-electron chi connectivity index (χ3n) is 2.59. The maximum absolute atomic E-state index is 10.1. The number of rotatable bonds is 10. The molecule has 0 bridgehead atoms. The van der Waals surface area contributed by atoms with Crippen LogP contribution in [0.4, 0.5) is 0 Å². The van der Waals surface area contributed by atoms with E-state index in [1.165, 1.54) is 6.92 Å². The largest absolute Gasteiger partial charge is 0.480 e. The molecule has 3 atom stereocenters. The highest BCUT2D eigenvalue weighted by Crippen LogP contribution is 1.96. The van der Waals surface area contributed by atoms with Crippen LogP contribution in [0.5, 0.6) is 0 Å². The third kappa shape index (κ3) is 36.1. The molecule has 0 radical (unpaired) electrons. The van der Waals surface area contributed by atoms with Crippen LogP contribution in [-0.2, 0) is 24.0 Å². The lowest BCUT2D eigenvalue weighted by Crippen LogP contribution is -2.34. The van der Waals surface area contributed by atoms with Gasteiger partial charge in [0.1, 0.15) is 18.1 Å². The van der Waals surface area contributed by atoms with Crippen molar-refractivity contribution in [3.63, 3.8) is 0 Å². The fourth-order valence-corrected chi connectivity index (χ4v) is 0.936. The van der Waals surface area contributed by atoms with Crippen molar-refractivity contribution in [1.82, 2.24) is 0 Å². The zero-order chi connectivity index (χ0) is 24.9. The molecule has 0 aromatic carbocycles. The third-order valence-corrected chi connectivity index (χ3v) is 2.59. The summed E-state index contributed by atoms with van der Waals surface area (Å²) < 4.78 is 0. The Balaban J connectivity index is -0.000000156. The summed E-state index contributed by atoms with van der Waals surface area (Å²) in [5, 5.41) is 31.9. The van der Waals surface area contributed by atoms with Crippen LogP contribution in [0.2, 0.25) is 0 Å². The number of carbonyl (C=O) groups excluding carboxylic acids is 1. The van der Waals surface area contributed by atoms with Gasteiger partial charge >= 0.3 is 23.9 Å². The Morgan fingerprint density at radius 1 is 0.767 bits per heavy atom. The summed E-state index contributed by atoms with van der Waals surface area (Å²) in [7, 11) is 0. The van der Waals surface area contributed by atoms with Crippen molar-refractivity contribution in [3.05, 3.63) is 0 Å². The number of aliphatic carboxylic acids is 4. The van der Waals surface area contributed by atoms with E-state index in [0.29, 0.717) is 13.0 Å². The molecule has 0 aliphatic rings. The summed E-state index contributed by atoms with van der Waals surface area (Å²) >= 11 is 0. The average molecular weight is 442 g/mol. The molecule has 15 nitrogen and oxygen atoms in total. The van der Waals surface area contributed by atoms with Crippen molar-refractivity contribution in [1.29, 1.82) is 0 Å². The van der Waals surface area contributed by atoms with Crippen molar-refractivity contribution >= 4 is 29.8 Å². The Bertz CT molecular complexity index is 517. The van der Waals surface area contributed by atoms with Crippen LogP contribution in [0.1, 0.15) is 32.6 Å². The molecule has 0 unspecified atom stereocenters. The van der Waals surface area contributed by atoms with Gasteiger partial charge in [0, 0.05) is 0 Å². The zero-order valence-corrected chi connectivity index (χ0v) is 16.8. The lowest BCUT2D eigenvalue weighted by atomic mass is 10.1.